The Morgan fingerprint density at radius 2 is 1.57 bits per heavy atom. The number of carbonyl (C=O) groups excluding carboxylic acids is 2. The van der Waals surface area contributed by atoms with Crippen molar-refractivity contribution < 1.29 is 14.3 Å². The van der Waals surface area contributed by atoms with Crippen LogP contribution in [-0.2, 0) is 20.7 Å². The molecule has 0 spiro atoms. The van der Waals surface area contributed by atoms with Gasteiger partial charge >= 0.3 is 5.97 Å². The molecule has 21 heavy (non-hydrogen) atoms. The fourth-order valence-corrected chi connectivity index (χ4v) is 1.97. The molecule has 0 radical (unpaired) electrons. The van der Waals surface area contributed by atoms with Crippen molar-refractivity contribution in [2.45, 2.75) is 12.5 Å². The summed E-state index contributed by atoms with van der Waals surface area (Å²) in [5.74, 6) is -0.777. The van der Waals surface area contributed by atoms with E-state index >= 15 is 0 Å². The van der Waals surface area contributed by atoms with Crippen LogP contribution in [0.25, 0.3) is 0 Å². The Bertz CT molecular complexity index is 596. The van der Waals surface area contributed by atoms with Gasteiger partial charge in [0.05, 0.1) is 6.42 Å². The zero-order chi connectivity index (χ0) is 15.1. The third-order valence-corrected chi connectivity index (χ3v) is 3.03. The Morgan fingerprint density at radius 3 is 2.14 bits per heavy atom. The van der Waals surface area contributed by atoms with Crippen LogP contribution in [0.3, 0.4) is 0 Å². The van der Waals surface area contributed by atoms with Gasteiger partial charge in [-0.3, -0.25) is 9.59 Å². The quantitative estimate of drug-likeness (QED) is 0.856. The first kappa shape index (κ1) is 14.8. The second-order valence-electron chi connectivity index (χ2n) is 4.56. The first-order valence-corrected chi connectivity index (χ1v) is 6.70. The van der Waals surface area contributed by atoms with Crippen molar-refractivity contribution in [2.24, 2.45) is 0 Å². The molecule has 0 aromatic heterocycles. The lowest BCUT2D eigenvalue weighted by molar-refractivity contribution is -0.155. The molecule has 0 aliphatic rings. The predicted octanol–water partition coefficient (Wildman–Crippen LogP) is 2.26. The van der Waals surface area contributed by atoms with Gasteiger partial charge in [-0.05, 0) is 5.56 Å². The molecule has 4 nitrogen and oxygen atoms in total. The number of hydrogen-bond donors (Lipinski definition) is 1. The maximum Gasteiger partial charge on any atom is 0.311 e. The smallest absolute Gasteiger partial charge is 0.311 e. The summed E-state index contributed by atoms with van der Waals surface area (Å²) in [6.07, 6.45) is -0.784. The van der Waals surface area contributed by atoms with Gasteiger partial charge in [0.1, 0.15) is 0 Å². The highest BCUT2D eigenvalue weighted by atomic mass is 16.5. The second kappa shape index (κ2) is 7.24. The second-order valence-corrected chi connectivity index (χ2v) is 4.56. The van der Waals surface area contributed by atoms with Gasteiger partial charge in [-0.1, -0.05) is 60.7 Å². The van der Waals surface area contributed by atoms with Gasteiger partial charge in [-0.2, -0.15) is 0 Å². The number of hydrogen-bond acceptors (Lipinski definition) is 3. The molecule has 0 aliphatic heterocycles. The van der Waals surface area contributed by atoms with Crippen LogP contribution in [0.15, 0.2) is 60.7 Å². The number of likely N-dealkylation sites (N-methyl/N-ethyl adjacent to an activating group) is 1. The Kier molecular flexibility index (Phi) is 5.10. The summed E-state index contributed by atoms with van der Waals surface area (Å²) < 4.78 is 5.34. The molecule has 0 bridgehead atoms. The molecule has 2 aromatic rings. The van der Waals surface area contributed by atoms with Gasteiger partial charge in [0, 0.05) is 12.6 Å². The van der Waals surface area contributed by atoms with Crippen LogP contribution in [0, 0.1) is 0 Å². The molecule has 4 heteroatoms. The molecular weight excluding hydrogens is 266 g/mol. The van der Waals surface area contributed by atoms with E-state index in [9.17, 15) is 9.59 Å². The summed E-state index contributed by atoms with van der Waals surface area (Å²) >= 11 is 0. The highest BCUT2D eigenvalue weighted by molar-refractivity contribution is 5.85. The van der Waals surface area contributed by atoms with Crippen LogP contribution in [0.2, 0.25) is 0 Å². The van der Waals surface area contributed by atoms with Crippen molar-refractivity contribution in [1.82, 2.24) is 5.32 Å². The molecule has 1 atom stereocenters. The van der Waals surface area contributed by atoms with E-state index in [1.165, 1.54) is 7.05 Å². The highest BCUT2D eigenvalue weighted by Gasteiger charge is 2.23. The number of esters is 1. The first-order chi connectivity index (χ1) is 10.2. The topological polar surface area (TPSA) is 55.4 Å². The van der Waals surface area contributed by atoms with Crippen molar-refractivity contribution in [2.75, 3.05) is 7.05 Å². The molecule has 2 aromatic carbocycles. The van der Waals surface area contributed by atoms with Crippen molar-refractivity contribution in [3.8, 4) is 0 Å². The number of benzene rings is 2. The summed E-state index contributed by atoms with van der Waals surface area (Å²) in [5.41, 5.74) is 1.50. The summed E-state index contributed by atoms with van der Waals surface area (Å²) in [6.45, 7) is 0. The molecule has 1 N–H and O–H groups in total. The maximum atomic E-state index is 12.0. The van der Waals surface area contributed by atoms with E-state index < -0.39 is 12.1 Å². The number of ether oxygens (including phenoxy) is 1. The molecule has 0 aliphatic carbocycles. The third-order valence-electron chi connectivity index (χ3n) is 3.03. The van der Waals surface area contributed by atoms with E-state index in [2.05, 4.69) is 5.32 Å². The van der Waals surface area contributed by atoms with Crippen molar-refractivity contribution in [3.63, 3.8) is 0 Å². The zero-order valence-corrected chi connectivity index (χ0v) is 11.8. The van der Waals surface area contributed by atoms with E-state index in [0.29, 0.717) is 5.56 Å². The standard InChI is InChI=1S/C17H17NO3/c1-18-17(20)16(14-10-6-3-7-11-14)21-15(19)12-13-8-4-2-5-9-13/h2-11,16H,12H2,1H3,(H,18,20). The van der Waals surface area contributed by atoms with Gasteiger partial charge in [-0.25, -0.2) is 0 Å². The minimum Gasteiger partial charge on any atom is -0.447 e. The zero-order valence-electron chi connectivity index (χ0n) is 11.8. The van der Waals surface area contributed by atoms with Crippen LogP contribution < -0.4 is 5.32 Å². The van der Waals surface area contributed by atoms with Crippen LogP contribution in [0.1, 0.15) is 17.2 Å². The largest absolute Gasteiger partial charge is 0.447 e. The Balaban J connectivity index is 2.09. The van der Waals surface area contributed by atoms with Crippen LogP contribution in [0.5, 0.6) is 0 Å². The molecule has 0 fully saturated rings. The summed E-state index contributed by atoms with van der Waals surface area (Å²) in [6, 6.07) is 18.3. The molecule has 2 rings (SSSR count). The van der Waals surface area contributed by atoms with E-state index in [1.54, 1.807) is 24.3 Å². The molecule has 0 saturated carbocycles. The summed E-state index contributed by atoms with van der Waals surface area (Å²) in [4.78, 5) is 23.9. The highest BCUT2D eigenvalue weighted by Crippen LogP contribution is 2.18. The average Bonchev–Trinajstić information content (AvgIpc) is 2.53. The monoisotopic (exact) mass is 283 g/mol. The molecular formula is C17H17NO3. The average molecular weight is 283 g/mol. The van der Waals surface area contributed by atoms with Gasteiger partial charge in [-0.15, -0.1) is 0 Å². The van der Waals surface area contributed by atoms with E-state index in [-0.39, 0.29) is 12.3 Å². The minimum atomic E-state index is -0.924. The Hall–Kier alpha value is -2.62. The fraction of sp³-hybridized carbons (Fsp3) is 0.176. The lowest BCUT2D eigenvalue weighted by Gasteiger charge is -2.16. The third kappa shape index (κ3) is 4.18. The molecule has 108 valence electrons. The molecule has 0 heterocycles. The van der Waals surface area contributed by atoms with Gasteiger partial charge in [0.25, 0.3) is 5.91 Å². The maximum absolute atomic E-state index is 12.0. The van der Waals surface area contributed by atoms with Gasteiger partial charge < -0.3 is 10.1 Å². The van der Waals surface area contributed by atoms with Gasteiger partial charge in [0.15, 0.2) is 0 Å². The fourth-order valence-electron chi connectivity index (χ4n) is 1.97. The van der Waals surface area contributed by atoms with Crippen LogP contribution in [-0.4, -0.2) is 18.9 Å². The summed E-state index contributed by atoms with van der Waals surface area (Å²) in [7, 11) is 1.52. The van der Waals surface area contributed by atoms with Crippen molar-refractivity contribution in [3.05, 3.63) is 71.8 Å². The van der Waals surface area contributed by atoms with E-state index in [0.717, 1.165) is 5.56 Å². The number of amides is 1. The predicted molar refractivity (Wildman–Crippen MR) is 79.5 cm³/mol. The van der Waals surface area contributed by atoms with E-state index in [4.69, 9.17) is 4.74 Å². The molecule has 0 saturated heterocycles. The lowest BCUT2D eigenvalue weighted by atomic mass is 10.1. The Morgan fingerprint density at radius 1 is 1.00 bits per heavy atom. The van der Waals surface area contributed by atoms with Crippen LogP contribution in [0.4, 0.5) is 0 Å². The lowest BCUT2D eigenvalue weighted by Crippen LogP contribution is -2.29. The summed E-state index contributed by atoms with van der Waals surface area (Å²) in [5, 5.41) is 2.52. The molecule has 1 unspecified atom stereocenters. The van der Waals surface area contributed by atoms with Crippen LogP contribution >= 0.6 is 0 Å². The van der Waals surface area contributed by atoms with Crippen molar-refractivity contribution >= 4 is 11.9 Å². The normalized spacial score (nSPS) is 11.5. The minimum absolute atomic E-state index is 0.140. The number of carbonyl (C=O) groups is 2. The van der Waals surface area contributed by atoms with E-state index in [1.807, 2.05) is 36.4 Å². The Labute approximate surface area is 123 Å². The van der Waals surface area contributed by atoms with Gasteiger partial charge in [0.2, 0.25) is 6.10 Å². The number of rotatable bonds is 5. The first-order valence-electron chi connectivity index (χ1n) is 6.70. The SMILES string of the molecule is CNC(=O)C(OC(=O)Cc1ccccc1)c1ccccc1. The van der Waals surface area contributed by atoms with Crippen molar-refractivity contribution in [1.29, 1.82) is 0 Å². The molecule has 1 amide bonds. The number of nitrogens with one attached hydrogen (secondary N) is 1.